The number of rotatable bonds is 4. The highest BCUT2D eigenvalue weighted by Crippen LogP contribution is 2.23. The van der Waals surface area contributed by atoms with Gasteiger partial charge in [-0.2, -0.15) is 0 Å². The van der Waals surface area contributed by atoms with Crippen LogP contribution in [0.2, 0.25) is 0 Å². The maximum Gasteiger partial charge on any atom is 0.329 e. The molecule has 1 unspecified atom stereocenters. The van der Waals surface area contributed by atoms with Crippen LogP contribution in [0, 0.1) is 5.92 Å². The summed E-state index contributed by atoms with van der Waals surface area (Å²) in [5.74, 6) is -0.749. The van der Waals surface area contributed by atoms with Gasteiger partial charge in [0.05, 0.1) is 7.95 Å². The normalized spacial score (nSPS) is 23.2. The molecule has 1 rings (SSSR count). The second-order valence-corrected chi connectivity index (χ2v) is 3.24. The van der Waals surface area contributed by atoms with Gasteiger partial charge < -0.3 is 9.84 Å². The predicted octanol–water partition coefficient (Wildman–Crippen LogP) is 1.67. The predicted molar refractivity (Wildman–Crippen MR) is 45.0 cm³/mol. The molecule has 3 heteroatoms. The number of carboxylic acids is 1. The fourth-order valence-electron chi connectivity index (χ4n) is 1.53. The molecule has 1 aliphatic rings. The first-order valence-corrected chi connectivity index (χ1v) is 4.46. The van der Waals surface area contributed by atoms with Gasteiger partial charge >= 0.3 is 5.97 Å². The van der Waals surface area contributed by atoms with Gasteiger partial charge in [0, 0.05) is 0 Å². The average Bonchev–Trinajstić information content (AvgIpc) is 2.15. The Labute approximate surface area is 74.1 Å². The quantitative estimate of drug-likeness (QED) is 0.703. The summed E-state index contributed by atoms with van der Waals surface area (Å²) < 4.78 is 12.5. The van der Waals surface area contributed by atoms with Crippen LogP contribution in [0.3, 0.4) is 0 Å². The summed E-state index contributed by atoms with van der Waals surface area (Å²) in [7, 11) is 0. The number of carboxylic acid groups (broad SMARTS) is 1. The van der Waals surface area contributed by atoms with E-state index in [0.717, 1.165) is 25.7 Å². The van der Waals surface area contributed by atoms with Gasteiger partial charge in [-0.3, -0.25) is 0 Å². The molecule has 1 fully saturated rings. The lowest BCUT2D eigenvalue weighted by atomic mass is 9.90. The Morgan fingerprint density at radius 1 is 1.50 bits per heavy atom. The molecule has 1 aliphatic carbocycles. The van der Waals surface area contributed by atoms with Gasteiger partial charge in [-0.05, 0) is 18.8 Å². The van der Waals surface area contributed by atoms with E-state index >= 15 is 0 Å². The highest BCUT2D eigenvalue weighted by molar-refractivity contribution is 5.67. The van der Waals surface area contributed by atoms with Crippen LogP contribution in [0.5, 0.6) is 0 Å². The SMILES string of the molecule is [2H]C(OCC(=O)O)C1CCCCC1. The number of aliphatic carboxylic acids is 1. The van der Waals surface area contributed by atoms with Crippen LogP contribution < -0.4 is 0 Å². The molecule has 0 aromatic carbocycles. The zero-order valence-corrected chi connectivity index (χ0v) is 7.16. The molecule has 12 heavy (non-hydrogen) atoms. The summed E-state index contributed by atoms with van der Waals surface area (Å²) in [6.07, 6.45) is 5.55. The van der Waals surface area contributed by atoms with Crippen LogP contribution in [0.15, 0.2) is 0 Å². The van der Waals surface area contributed by atoms with Crippen molar-refractivity contribution in [1.82, 2.24) is 0 Å². The van der Waals surface area contributed by atoms with Gasteiger partial charge in [0.2, 0.25) is 0 Å². The Morgan fingerprint density at radius 2 is 2.17 bits per heavy atom. The van der Waals surface area contributed by atoms with E-state index in [-0.39, 0.29) is 12.5 Å². The molecule has 0 saturated heterocycles. The Bertz CT molecular complexity index is 166. The second-order valence-electron chi connectivity index (χ2n) is 3.24. The molecular formula is C9H16O3. The third-order valence-corrected chi connectivity index (χ3v) is 2.15. The minimum absolute atomic E-state index is 0.244. The summed E-state index contributed by atoms with van der Waals surface area (Å²) in [4.78, 5) is 10.2. The van der Waals surface area contributed by atoms with Crippen LogP contribution >= 0.6 is 0 Å². The maximum atomic E-state index is 10.2. The lowest BCUT2D eigenvalue weighted by Crippen LogP contribution is -2.16. The van der Waals surface area contributed by atoms with Gasteiger partial charge in [0.15, 0.2) is 0 Å². The molecule has 1 atom stereocenters. The average molecular weight is 173 g/mol. The molecule has 0 bridgehead atoms. The van der Waals surface area contributed by atoms with Crippen LogP contribution in [-0.4, -0.2) is 24.3 Å². The number of hydrogen-bond donors (Lipinski definition) is 1. The van der Waals surface area contributed by atoms with E-state index in [1.807, 2.05) is 0 Å². The summed E-state index contributed by atoms with van der Waals surface area (Å²) in [5, 5.41) is 8.35. The third-order valence-electron chi connectivity index (χ3n) is 2.15. The highest BCUT2D eigenvalue weighted by Gasteiger charge is 2.13. The third kappa shape index (κ3) is 3.72. The summed E-state index contributed by atoms with van der Waals surface area (Å²) in [6.45, 7) is -0.985. The second kappa shape index (κ2) is 5.14. The molecule has 1 saturated carbocycles. The largest absolute Gasteiger partial charge is 0.480 e. The van der Waals surface area contributed by atoms with Crippen molar-refractivity contribution in [1.29, 1.82) is 0 Å². The smallest absolute Gasteiger partial charge is 0.329 e. The van der Waals surface area contributed by atoms with Gasteiger partial charge in [0.1, 0.15) is 6.61 Å². The zero-order chi connectivity index (χ0) is 9.68. The molecule has 1 N–H and O–H groups in total. The van der Waals surface area contributed by atoms with Crippen LogP contribution in [-0.2, 0) is 9.53 Å². The molecule has 0 amide bonds. The van der Waals surface area contributed by atoms with Crippen LogP contribution in [0.1, 0.15) is 33.5 Å². The fourth-order valence-corrected chi connectivity index (χ4v) is 1.53. The van der Waals surface area contributed by atoms with Gasteiger partial charge in [0.25, 0.3) is 0 Å². The molecule has 0 spiro atoms. The van der Waals surface area contributed by atoms with E-state index in [2.05, 4.69) is 0 Å². The van der Waals surface area contributed by atoms with Gasteiger partial charge in [-0.25, -0.2) is 4.79 Å². The van der Waals surface area contributed by atoms with E-state index in [1.54, 1.807) is 0 Å². The first-order valence-electron chi connectivity index (χ1n) is 5.03. The van der Waals surface area contributed by atoms with E-state index in [0.29, 0.717) is 0 Å². The van der Waals surface area contributed by atoms with Crippen molar-refractivity contribution in [3.63, 3.8) is 0 Å². The standard InChI is InChI=1S/C9H16O3/c10-9(11)7-12-6-8-4-2-1-3-5-8/h8H,1-7H2,(H,10,11)/i6D. The first kappa shape index (κ1) is 8.05. The molecular weight excluding hydrogens is 156 g/mol. The Hall–Kier alpha value is -0.570. The minimum Gasteiger partial charge on any atom is -0.480 e. The summed E-state index contributed by atoms with van der Waals surface area (Å²) in [5.41, 5.74) is 0. The minimum atomic E-state index is -0.993. The van der Waals surface area contributed by atoms with E-state index in [9.17, 15) is 4.79 Å². The van der Waals surface area contributed by atoms with Crippen molar-refractivity contribution in [2.45, 2.75) is 32.1 Å². The highest BCUT2D eigenvalue weighted by atomic mass is 16.5. The molecule has 0 aromatic heterocycles. The van der Waals surface area contributed by atoms with Crippen molar-refractivity contribution < 1.29 is 16.0 Å². The summed E-state index contributed by atoms with van der Waals surface area (Å²) >= 11 is 0. The maximum absolute atomic E-state index is 10.2. The summed E-state index contributed by atoms with van der Waals surface area (Å²) in [6, 6.07) is 0. The number of carbonyl (C=O) groups is 1. The Kier molecular flexibility index (Phi) is 3.45. The zero-order valence-electron chi connectivity index (χ0n) is 8.16. The molecule has 0 radical (unpaired) electrons. The van der Waals surface area contributed by atoms with Gasteiger partial charge in [-0.15, -0.1) is 0 Å². The lowest BCUT2D eigenvalue weighted by molar-refractivity contribution is -0.142. The van der Waals surface area contributed by atoms with Crippen molar-refractivity contribution in [3.8, 4) is 0 Å². The number of hydrogen-bond acceptors (Lipinski definition) is 2. The van der Waals surface area contributed by atoms with Crippen molar-refractivity contribution in [2.75, 3.05) is 13.2 Å². The molecule has 70 valence electrons. The van der Waals surface area contributed by atoms with Crippen LogP contribution in [0.4, 0.5) is 0 Å². The number of ether oxygens (including phenoxy) is 1. The topological polar surface area (TPSA) is 46.5 Å². The van der Waals surface area contributed by atoms with Gasteiger partial charge in [-0.1, -0.05) is 19.3 Å². The monoisotopic (exact) mass is 173 g/mol. The van der Waals surface area contributed by atoms with Crippen molar-refractivity contribution >= 4 is 5.97 Å². The van der Waals surface area contributed by atoms with E-state index in [4.69, 9.17) is 11.2 Å². The lowest BCUT2D eigenvalue weighted by Gasteiger charge is -2.20. The first-order chi connectivity index (χ1) is 6.20. The Balaban J connectivity index is 2.20. The van der Waals surface area contributed by atoms with Crippen molar-refractivity contribution in [2.24, 2.45) is 5.92 Å². The van der Waals surface area contributed by atoms with Crippen molar-refractivity contribution in [3.05, 3.63) is 0 Å². The Morgan fingerprint density at radius 3 is 2.75 bits per heavy atom. The fraction of sp³-hybridized carbons (Fsp3) is 0.889. The van der Waals surface area contributed by atoms with E-state index < -0.39 is 12.6 Å². The molecule has 0 aliphatic heterocycles. The van der Waals surface area contributed by atoms with E-state index in [1.165, 1.54) is 6.42 Å². The molecule has 3 nitrogen and oxygen atoms in total. The molecule has 0 heterocycles. The molecule has 0 aromatic rings. The van der Waals surface area contributed by atoms with Crippen LogP contribution in [0.25, 0.3) is 0 Å².